The third kappa shape index (κ3) is 2.98. The third-order valence-electron chi connectivity index (χ3n) is 3.27. The molecule has 1 saturated carbocycles. The standard InChI is InChI=1S/C12H19N3O3S/c1-3-18-12(16)9-10(13)15-19-11(9)14-7-5-4-6-8(7)17-2/h7-8,14H,3-6H2,1-2H3,(H2,13,15). The molecular formula is C12H19N3O3S. The highest BCUT2D eigenvalue weighted by atomic mass is 32.1. The lowest BCUT2D eigenvalue weighted by atomic mass is 10.2. The summed E-state index contributed by atoms with van der Waals surface area (Å²) in [6.07, 6.45) is 3.31. The number of methoxy groups -OCH3 is 1. The van der Waals surface area contributed by atoms with Gasteiger partial charge in [-0.05, 0) is 37.7 Å². The fraction of sp³-hybridized carbons (Fsp3) is 0.667. The smallest absolute Gasteiger partial charge is 0.344 e. The summed E-state index contributed by atoms with van der Waals surface area (Å²) < 4.78 is 14.5. The van der Waals surface area contributed by atoms with Gasteiger partial charge in [-0.2, -0.15) is 4.37 Å². The number of hydrogen-bond donors (Lipinski definition) is 2. The maximum atomic E-state index is 11.9. The number of nitrogen functional groups attached to an aromatic ring is 1. The van der Waals surface area contributed by atoms with Gasteiger partial charge in [-0.3, -0.25) is 0 Å². The number of aromatic nitrogens is 1. The van der Waals surface area contributed by atoms with Crippen LogP contribution >= 0.6 is 11.5 Å². The molecule has 1 fully saturated rings. The predicted octanol–water partition coefficient (Wildman–Crippen LogP) is 1.88. The van der Waals surface area contributed by atoms with Gasteiger partial charge in [-0.1, -0.05) is 0 Å². The number of ether oxygens (including phenoxy) is 2. The van der Waals surface area contributed by atoms with Crippen molar-refractivity contribution in [1.82, 2.24) is 4.37 Å². The van der Waals surface area contributed by atoms with Crippen molar-refractivity contribution in [1.29, 1.82) is 0 Å². The molecule has 2 atom stereocenters. The Morgan fingerprint density at radius 2 is 2.37 bits per heavy atom. The molecule has 6 nitrogen and oxygen atoms in total. The largest absolute Gasteiger partial charge is 0.462 e. The Hall–Kier alpha value is -1.34. The van der Waals surface area contributed by atoms with E-state index in [1.807, 2.05) is 0 Å². The van der Waals surface area contributed by atoms with E-state index in [4.69, 9.17) is 15.2 Å². The van der Waals surface area contributed by atoms with Crippen LogP contribution < -0.4 is 11.1 Å². The van der Waals surface area contributed by atoms with Crippen molar-refractivity contribution in [3.05, 3.63) is 5.56 Å². The zero-order chi connectivity index (χ0) is 13.8. The average Bonchev–Trinajstić information content (AvgIpc) is 2.97. The molecule has 1 aromatic rings. The summed E-state index contributed by atoms with van der Waals surface area (Å²) in [5, 5.41) is 3.99. The van der Waals surface area contributed by atoms with Gasteiger partial charge in [0.15, 0.2) is 5.82 Å². The molecule has 0 aliphatic heterocycles. The molecule has 1 aliphatic carbocycles. The van der Waals surface area contributed by atoms with Gasteiger partial charge >= 0.3 is 5.97 Å². The van der Waals surface area contributed by atoms with Crippen LogP contribution in [0.3, 0.4) is 0 Å². The molecule has 19 heavy (non-hydrogen) atoms. The Morgan fingerprint density at radius 3 is 3.05 bits per heavy atom. The lowest BCUT2D eigenvalue weighted by Gasteiger charge is -2.20. The van der Waals surface area contributed by atoms with Crippen molar-refractivity contribution >= 4 is 28.3 Å². The Labute approximate surface area is 116 Å². The van der Waals surface area contributed by atoms with Gasteiger partial charge in [0.2, 0.25) is 0 Å². The first-order chi connectivity index (χ1) is 9.17. The fourth-order valence-corrected chi connectivity index (χ4v) is 3.11. The van der Waals surface area contributed by atoms with Gasteiger partial charge in [0.25, 0.3) is 0 Å². The van der Waals surface area contributed by atoms with Gasteiger partial charge in [0.1, 0.15) is 10.6 Å². The molecule has 0 saturated heterocycles. The number of nitrogens with zero attached hydrogens (tertiary/aromatic N) is 1. The first-order valence-corrected chi connectivity index (χ1v) is 7.16. The zero-order valence-corrected chi connectivity index (χ0v) is 12.0. The van der Waals surface area contributed by atoms with E-state index in [2.05, 4.69) is 9.69 Å². The molecule has 0 amide bonds. The Balaban J connectivity index is 2.14. The zero-order valence-electron chi connectivity index (χ0n) is 11.1. The summed E-state index contributed by atoms with van der Waals surface area (Å²) in [6.45, 7) is 2.08. The lowest BCUT2D eigenvalue weighted by Crippen LogP contribution is -2.30. The molecule has 2 rings (SSSR count). The number of hydrogen-bond acceptors (Lipinski definition) is 7. The molecule has 0 radical (unpaired) electrons. The minimum atomic E-state index is -0.428. The predicted molar refractivity (Wildman–Crippen MR) is 74.5 cm³/mol. The van der Waals surface area contributed by atoms with Gasteiger partial charge < -0.3 is 20.5 Å². The monoisotopic (exact) mass is 285 g/mol. The van der Waals surface area contributed by atoms with Crippen LogP contribution in [0.25, 0.3) is 0 Å². The Kier molecular flexibility index (Phi) is 4.60. The summed E-state index contributed by atoms with van der Waals surface area (Å²) in [7, 11) is 1.71. The second-order valence-corrected chi connectivity index (χ2v) is 5.22. The SMILES string of the molecule is CCOC(=O)c1c(N)nsc1NC1CCCC1OC. The van der Waals surface area contributed by atoms with Gasteiger partial charge in [0, 0.05) is 7.11 Å². The van der Waals surface area contributed by atoms with E-state index >= 15 is 0 Å². The van der Waals surface area contributed by atoms with Crippen LogP contribution in [0, 0.1) is 0 Å². The molecule has 1 heterocycles. The van der Waals surface area contributed by atoms with Crippen LogP contribution in [-0.4, -0.2) is 36.2 Å². The first kappa shape index (κ1) is 14.1. The molecular weight excluding hydrogens is 266 g/mol. The number of nitrogens with one attached hydrogen (secondary N) is 1. The second-order valence-electron chi connectivity index (χ2n) is 4.45. The molecule has 7 heteroatoms. The number of anilines is 2. The fourth-order valence-electron chi connectivity index (χ4n) is 2.34. The van der Waals surface area contributed by atoms with Crippen LogP contribution in [0.1, 0.15) is 36.5 Å². The minimum Gasteiger partial charge on any atom is -0.462 e. The van der Waals surface area contributed by atoms with Crippen molar-refractivity contribution in [3.63, 3.8) is 0 Å². The first-order valence-electron chi connectivity index (χ1n) is 6.39. The molecule has 0 bridgehead atoms. The van der Waals surface area contributed by atoms with Crippen LogP contribution in [-0.2, 0) is 9.47 Å². The second kappa shape index (κ2) is 6.21. The lowest BCUT2D eigenvalue weighted by molar-refractivity contribution is 0.0528. The van der Waals surface area contributed by atoms with E-state index in [1.54, 1.807) is 14.0 Å². The van der Waals surface area contributed by atoms with E-state index in [9.17, 15) is 4.79 Å². The minimum absolute atomic E-state index is 0.165. The van der Waals surface area contributed by atoms with E-state index in [1.165, 1.54) is 11.5 Å². The van der Waals surface area contributed by atoms with Gasteiger partial charge in [-0.25, -0.2) is 4.79 Å². The summed E-state index contributed by atoms with van der Waals surface area (Å²) >= 11 is 1.19. The molecule has 0 spiro atoms. The van der Waals surface area contributed by atoms with E-state index < -0.39 is 5.97 Å². The highest BCUT2D eigenvalue weighted by Crippen LogP contribution is 2.32. The van der Waals surface area contributed by atoms with Crippen LogP contribution in [0.2, 0.25) is 0 Å². The van der Waals surface area contributed by atoms with E-state index in [-0.39, 0.29) is 18.0 Å². The quantitative estimate of drug-likeness (QED) is 0.803. The number of nitrogens with two attached hydrogens (primary N) is 1. The summed E-state index contributed by atoms with van der Waals surface area (Å²) in [4.78, 5) is 11.9. The molecule has 0 aromatic carbocycles. The van der Waals surface area contributed by atoms with Crippen LogP contribution in [0.4, 0.5) is 10.8 Å². The molecule has 1 aromatic heterocycles. The maximum absolute atomic E-state index is 11.9. The maximum Gasteiger partial charge on any atom is 0.344 e. The Bertz CT molecular complexity index is 449. The van der Waals surface area contributed by atoms with Gasteiger partial charge in [0.05, 0.1) is 18.8 Å². The molecule has 2 unspecified atom stereocenters. The van der Waals surface area contributed by atoms with Crippen molar-refractivity contribution in [2.75, 3.05) is 24.8 Å². The summed E-state index contributed by atoms with van der Waals surface area (Å²) in [5.41, 5.74) is 6.08. The summed E-state index contributed by atoms with van der Waals surface area (Å²) in [5.74, 6) is -0.207. The van der Waals surface area contributed by atoms with E-state index in [0.717, 1.165) is 19.3 Å². The van der Waals surface area contributed by atoms with Crippen molar-refractivity contribution in [2.24, 2.45) is 0 Å². The normalized spacial score (nSPS) is 22.4. The number of esters is 1. The number of carbonyl (C=O) groups is 1. The van der Waals surface area contributed by atoms with E-state index in [0.29, 0.717) is 17.2 Å². The van der Waals surface area contributed by atoms with Crippen LogP contribution in [0.15, 0.2) is 0 Å². The molecule has 106 valence electrons. The molecule has 1 aliphatic rings. The van der Waals surface area contributed by atoms with Crippen molar-refractivity contribution in [3.8, 4) is 0 Å². The molecule has 3 N–H and O–H groups in total. The van der Waals surface area contributed by atoms with Gasteiger partial charge in [-0.15, -0.1) is 0 Å². The summed E-state index contributed by atoms with van der Waals surface area (Å²) in [6, 6.07) is 0.193. The highest BCUT2D eigenvalue weighted by Gasteiger charge is 2.30. The number of rotatable bonds is 5. The Morgan fingerprint density at radius 1 is 1.58 bits per heavy atom. The highest BCUT2D eigenvalue weighted by molar-refractivity contribution is 7.11. The van der Waals surface area contributed by atoms with Crippen LogP contribution in [0.5, 0.6) is 0 Å². The third-order valence-corrected chi connectivity index (χ3v) is 4.06. The van der Waals surface area contributed by atoms with Crippen molar-refractivity contribution in [2.45, 2.75) is 38.3 Å². The topological polar surface area (TPSA) is 86.5 Å². The van der Waals surface area contributed by atoms with Crippen molar-refractivity contribution < 1.29 is 14.3 Å². The number of carbonyl (C=O) groups excluding carboxylic acids is 1. The average molecular weight is 285 g/mol.